The predicted octanol–water partition coefficient (Wildman–Crippen LogP) is 3.90. The van der Waals surface area contributed by atoms with Crippen molar-refractivity contribution < 1.29 is 18.3 Å². The van der Waals surface area contributed by atoms with Crippen LogP contribution in [-0.2, 0) is 7.05 Å². The Morgan fingerprint density at radius 2 is 1.80 bits per heavy atom. The van der Waals surface area contributed by atoms with Crippen LogP contribution in [-0.4, -0.2) is 34.6 Å². The van der Waals surface area contributed by atoms with Gasteiger partial charge in [0.05, 0.1) is 23.9 Å². The van der Waals surface area contributed by atoms with Crippen molar-refractivity contribution in [3.8, 4) is 28.4 Å². The van der Waals surface area contributed by atoms with Gasteiger partial charge >= 0.3 is 5.69 Å². The zero-order valence-electron chi connectivity index (χ0n) is 21.2. The highest BCUT2D eigenvalue weighted by Gasteiger charge is 2.18. The number of nitrogens with zero attached hydrogens (tertiary/aromatic N) is 5. The Labute approximate surface area is 228 Å². The van der Waals surface area contributed by atoms with Gasteiger partial charge in [0, 0.05) is 43.0 Å². The van der Waals surface area contributed by atoms with Gasteiger partial charge in [-0.25, -0.2) is 27.6 Å². The molecule has 41 heavy (non-hydrogen) atoms. The highest BCUT2D eigenvalue weighted by Crippen LogP contribution is 2.33. The first-order chi connectivity index (χ1) is 19.8. The maximum Gasteiger partial charge on any atom is 0.333 e. The van der Waals surface area contributed by atoms with Crippen LogP contribution in [0.25, 0.3) is 22.5 Å². The summed E-state index contributed by atoms with van der Waals surface area (Å²) in [6.45, 7) is 0. The number of hydrogen-bond donors (Lipinski definition) is 2. The number of aryl methyl sites for hydroxylation is 1. The van der Waals surface area contributed by atoms with E-state index in [-0.39, 0.29) is 17.1 Å². The Morgan fingerprint density at radius 1 is 1.00 bits per heavy atom. The molecule has 0 aliphatic carbocycles. The first kappa shape index (κ1) is 25.4. The van der Waals surface area contributed by atoms with E-state index in [1.807, 2.05) is 13.2 Å². The Kier molecular flexibility index (Phi) is 6.22. The summed E-state index contributed by atoms with van der Waals surface area (Å²) in [5.74, 6) is -2.02. The number of imidazole rings is 1. The van der Waals surface area contributed by atoms with Crippen LogP contribution in [0.15, 0.2) is 95.3 Å². The number of rotatable bonds is 6. The summed E-state index contributed by atoms with van der Waals surface area (Å²) in [5, 5.41) is 6.69. The summed E-state index contributed by atoms with van der Waals surface area (Å²) in [7, 11) is 1.84. The van der Waals surface area contributed by atoms with Gasteiger partial charge in [0.25, 0.3) is 11.5 Å². The third kappa shape index (κ3) is 4.87. The third-order valence-corrected chi connectivity index (χ3v) is 6.19. The number of carbonyl (C=O) groups is 1. The van der Waals surface area contributed by atoms with Gasteiger partial charge in [-0.1, -0.05) is 0 Å². The molecule has 2 N–H and O–H groups in total. The van der Waals surface area contributed by atoms with Crippen molar-refractivity contribution in [3.63, 3.8) is 0 Å². The number of aromatic nitrogens is 6. The minimum Gasteiger partial charge on any atom is -0.452 e. The number of nitrogens with one attached hydrogen (secondary N) is 2. The zero-order chi connectivity index (χ0) is 28.7. The average Bonchev–Trinajstić information content (AvgIpc) is 3.60. The molecule has 6 aromatic rings. The van der Waals surface area contributed by atoms with Crippen LogP contribution in [0.1, 0.15) is 10.4 Å². The number of carbonyl (C=O) groups excluding carboxylic acids is 1. The number of ether oxygens (including phenoxy) is 1. The number of hydrogen-bond acceptors (Lipinski definition) is 6. The second kappa shape index (κ2) is 10.0. The Bertz CT molecular complexity index is 2060. The second-order valence-corrected chi connectivity index (χ2v) is 9.00. The Balaban J connectivity index is 1.26. The molecule has 4 heterocycles. The molecule has 2 aromatic carbocycles. The molecule has 11 nitrogen and oxygen atoms in total. The number of aromatic amines is 1. The molecule has 0 bridgehead atoms. The minimum absolute atomic E-state index is 0.0375. The Morgan fingerprint density at radius 3 is 2.54 bits per heavy atom. The predicted molar refractivity (Wildman–Crippen MR) is 144 cm³/mol. The van der Waals surface area contributed by atoms with Gasteiger partial charge in [-0.3, -0.25) is 9.59 Å². The van der Waals surface area contributed by atoms with Crippen molar-refractivity contribution in [2.75, 3.05) is 5.32 Å². The van der Waals surface area contributed by atoms with E-state index in [4.69, 9.17) is 4.74 Å². The van der Waals surface area contributed by atoms with Gasteiger partial charge in [-0.2, -0.15) is 5.10 Å². The Hall–Kier alpha value is -5.85. The van der Waals surface area contributed by atoms with E-state index in [0.717, 1.165) is 24.4 Å². The smallest absolute Gasteiger partial charge is 0.333 e. The van der Waals surface area contributed by atoms with E-state index in [1.54, 1.807) is 39.9 Å². The topological polar surface area (TPSA) is 128 Å². The summed E-state index contributed by atoms with van der Waals surface area (Å²) >= 11 is 0. The minimum atomic E-state index is -0.934. The van der Waals surface area contributed by atoms with Crippen LogP contribution < -0.4 is 21.3 Å². The monoisotopic (exact) mass is 555 g/mol. The molecule has 4 aromatic heterocycles. The van der Waals surface area contributed by atoms with Crippen LogP contribution in [0.4, 0.5) is 14.5 Å². The molecule has 0 radical (unpaired) electrons. The fourth-order valence-electron chi connectivity index (χ4n) is 4.22. The van der Waals surface area contributed by atoms with Crippen molar-refractivity contribution in [1.82, 2.24) is 28.7 Å². The molecule has 6 rings (SSSR count). The summed E-state index contributed by atoms with van der Waals surface area (Å²) in [6, 6.07) is 11.8. The largest absolute Gasteiger partial charge is 0.452 e. The first-order valence-electron chi connectivity index (χ1n) is 12.1. The maximum atomic E-state index is 15.1. The third-order valence-electron chi connectivity index (χ3n) is 6.19. The van der Waals surface area contributed by atoms with Gasteiger partial charge in [-0.15, -0.1) is 0 Å². The molecule has 0 aliphatic rings. The zero-order valence-corrected chi connectivity index (χ0v) is 21.2. The van der Waals surface area contributed by atoms with E-state index in [1.165, 1.54) is 24.3 Å². The maximum absolute atomic E-state index is 15.1. The van der Waals surface area contributed by atoms with E-state index in [0.29, 0.717) is 27.1 Å². The number of pyridine rings is 1. The van der Waals surface area contributed by atoms with Crippen molar-refractivity contribution in [1.29, 1.82) is 0 Å². The van der Waals surface area contributed by atoms with Gasteiger partial charge in [0.2, 0.25) is 0 Å². The molecule has 0 fully saturated rings. The quantitative estimate of drug-likeness (QED) is 0.321. The fourth-order valence-corrected chi connectivity index (χ4v) is 4.22. The molecule has 1 amide bonds. The van der Waals surface area contributed by atoms with Crippen LogP contribution in [0, 0.1) is 11.6 Å². The highest BCUT2D eigenvalue weighted by atomic mass is 19.1. The van der Waals surface area contributed by atoms with E-state index in [9.17, 15) is 18.8 Å². The lowest BCUT2D eigenvalue weighted by molar-refractivity contribution is 0.102. The molecule has 0 saturated heterocycles. The molecule has 0 saturated carbocycles. The van der Waals surface area contributed by atoms with Gasteiger partial charge < -0.3 is 19.6 Å². The van der Waals surface area contributed by atoms with Crippen molar-refractivity contribution in [3.05, 3.63) is 124 Å². The lowest BCUT2D eigenvalue weighted by atomic mass is 10.2. The summed E-state index contributed by atoms with van der Waals surface area (Å²) in [6.07, 6.45) is 7.80. The molecule has 0 aliphatic heterocycles. The van der Waals surface area contributed by atoms with Crippen molar-refractivity contribution in [2.45, 2.75) is 0 Å². The summed E-state index contributed by atoms with van der Waals surface area (Å²) in [4.78, 5) is 44.7. The van der Waals surface area contributed by atoms with E-state index < -0.39 is 34.4 Å². The lowest BCUT2D eigenvalue weighted by Crippen LogP contribution is -2.38. The van der Waals surface area contributed by atoms with E-state index in [2.05, 4.69) is 20.4 Å². The second-order valence-electron chi connectivity index (χ2n) is 9.00. The SMILES string of the molecule is Cn1cnc(-c2cc(Oc3ccc(NC(=O)c4c[nH]c(=O)n(-c5ccc(F)cc5)c4=O)cc3F)c3ccnn3c2)c1. The van der Waals surface area contributed by atoms with Crippen LogP contribution in [0.2, 0.25) is 0 Å². The van der Waals surface area contributed by atoms with Crippen LogP contribution in [0.5, 0.6) is 11.5 Å². The van der Waals surface area contributed by atoms with Gasteiger partial charge in [-0.05, 0) is 48.5 Å². The van der Waals surface area contributed by atoms with Crippen molar-refractivity contribution >= 4 is 17.1 Å². The van der Waals surface area contributed by atoms with E-state index >= 15 is 4.39 Å². The molecule has 13 heteroatoms. The molecule has 204 valence electrons. The number of halogens is 2. The fraction of sp³-hybridized carbons (Fsp3) is 0.0357. The number of H-pyrrole nitrogens is 1. The lowest BCUT2D eigenvalue weighted by Gasteiger charge is -2.12. The molecule has 0 atom stereocenters. The van der Waals surface area contributed by atoms with Gasteiger partial charge in [0.1, 0.15) is 16.9 Å². The standard InChI is InChI=1S/C28H19F2N7O4/c1-35-14-22(32-15-35)16-10-25(23-8-9-33-36(23)13-16)41-24-7-4-18(11-21(24)30)34-26(38)20-12-31-28(40)37(27(20)39)19-5-2-17(29)3-6-19/h2-15H,1H3,(H,31,40)(H,34,38). The van der Waals surface area contributed by atoms with Crippen LogP contribution >= 0.6 is 0 Å². The van der Waals surface area contributed by atoms with Crippen LogP contribution in [0.3, 0.4) is 0 Å². The van der Waals surface area contributed by atoms with Gasteiger partial charge in [0.15, 0.2) is 17.3 Å². The highest BCUT2D eigenvalue weighted by molar-refractivity contribution is 6.03. The normalized spacial score (nSPS) is 11.1. The number of benzene rings is 2. The van der Waals surface area contributed by atoms with Crippen molar-refractivity contribution in [2.24, 2.45) is 7.05 Å². The average molecular weight is 556 g/mol. The molecule has 0 unspecified atom stereocenters. The summed E-state index contributed by atoms with van der Waals surface area (Å²) in [5.41, 5.74) is -0.0841. The number of amides is 1. The first-order valence-corrected chi connectivity index (χ1v) is 12.1. The number of fused-ring (bicyclic) bond motifs is 1. The molecular weight excluding hydrogens is 536 g/mol. The number of anilines is 1. The molecular formula is C28H19F2N7O4. The molecule has 0 spiro atoms. The summed E-state index contributed by atoms with van der Waals surface area (Å²) < 4.78 is 38.4.